The molecular formula is C19H36N2. The highest BCUT2D eigenvalue weighted by Gasteiger charge is 2.31. The van der Waals surface area contributed by atoms with Crippen molar-refractivity contribution in [1.82, 2.24) is 9.80 Å². The topological polar surface area (TPSA) is 6.48 Å². The maximum absolute atomic E-state index is 2.83. The van der Waals surface area contributed by atoms with Gasteiger partial charge in [0.25, 0.3) is 0 Å². The summed E-state index contributed by atoms with van der Waals surface area (Å²) in [5.41, 5.74) is 0. The van der Waals surface area contributed by atoms with Gasteiger partial charge in [0.2, 0.25) is 0 Å². The van der Waals surface area contributed by atoms with Gasteiger partial charge in [0.1, 0.15) is 0 Å². The molecule has 0 N–H and O–H groups in total. The molecule has 0 aromatic heterocycles. The first kappa shape index (κ1) is 15.8. The van der Waals surface area contributed by atoms with Crippen molar-refractivity contribution in [2.75, 3.05) is 26.2 Å². The zero-order valence-electron chi connectivity index (χ0n) is 14.4. The van der Waals surface area contributed by atoms with Crippen LogP contribution >= 0.6 is 0 Å². The first-order chi connectivity index (χ1) is 10.3. The molecule has 3 aliphatic rings. The Bertz CT molecular complexity index is 295. The van der Waals surface area contributed by atoms with E-state index in [1.807, 2.05) is 0 Å². The Kier molecular flexibility index (Phi) is 5.61. The van der Waals surface area contributed by atoms with Crippen molar-refractivity contribution < 1.29 is 0 Å². The van der Waals surface area contributed by atoms with Crippen LogP contribution in [0.5, 0.6) is 0 Å². The number of hydrogen-bond acceptors (Lipinski definition) is 2. The van der Waals surface area contributed by atoms with E-state index in [-0.39, 0.29) is 0 Å². The quantitative estimate of drug-likeness (QED) is 0.768. The van der Waals surface area contributed by atoms with E-state index in [1.165, 1.54) is 84.0 Å². The Hall–Kier alpha value is -0.0800. The van der Waals surface area contributed by atoms with E-state index in [0.29, 0.717) is 0 Å². The summed E-state index contributed by atoms with van der Waals surface area (Å²) >= 11 is 0. The van der Waals surface area contributed by atoms with Gasteiger partial charge in [-0.15, -0.1) is 0 Å². The fourth-order valence-electron chi connectivity index (χ4n) is 5.11. The zero-order chi connectivity index (χ0) is 14.7. The lowest BCUT2D eigenvalue weighted by atomic mass is 9.77. The van der Waals surface area contributed by atoms with E-state index < -0.39 is 0 Å². The van der Waals surface area contributed by atoms with Gasteiger partial charge in [0.15, 0.2) is 0 Å². The molecular weight excluding hydrogens is 256 g/mol. The number of hydrogen-bond donors (Lipinski definition) is 0. The van der Waals surface area contributed by atoms with Crippen LogP contribution in [0.1, 0.15) is 71.6 Å². The molecule has 122 valence electrons. The summed E-state index contributed by atoms with van der Waals surface area (Å²) in [7, 11) is 0. The maximum Gasteiger partial charge on any atom is 0.0113 e. The smallest absolute Gasteiger partial charge is 0.0113 e. The third-order valence-electron chi connectivity index (χ3n) is 6.90. The Morgan fingerprint density at radius 3 is 1.71 bits per heavy atom. The molecule has 2 aliphatic carbocycles. The number of piperazine rings is 1. The van der Waals surface area contributed by atoms with Gasteiger partial charge < -0.3 is 0 Å². The molecule has 0 spiro atoms. The first-order valence-corrected chi connectivity index (χ1v) is 9.76. The Morgan fingerprint density at radius 2 is 1.24 bits per heavy atom. The second kappa shape index (κ2) is 7.46. The van der Waals surface area contributed by atoms with Crippen LogP contribution < -0.4 is 0 Å². The molecule has 0 radical (unpaired) electrons. The summed E-state index contributed by atoms with van der Waals surface area (Å²) in [6.07, 6.45) is 13.2. The van der Waals surface area contributed by atoms with Crippen LogP contribution in [-0.2, 0) is 0 Å². The lowest BCUT2D eigenvalue weighted by Crippen LogP contribution is -2.53. The minimum Gasteiger partial charge on any atom is -0.298 e. The number of rotatable bonds is 4. The molecule has 3 rings (SSSR count). The van der Waals surface area contributed by atoms with Crippen LogP contribution in [0.15, 0.2) is 0 Å². The summed E-state index contributed by atoms with van der Waals surface area (Å²) in [5.74, 6) is 1.97. The minimum atomic E-state index is 0.913. The summed E-state index contributed by atoms with van der Waals surface area (Å²) < 4.78 is 0. The molecule has 2 nitrogen and oxygen atoms in total. The highest BCUT2D eigenvalue weighted by Crippen LogP contribution is 2.34. The Balaban J connectivity index is 1.41. The highest BCUT2D eigenvalue weighted by atomic mass is 15.3. The lowest BCUT2D eigenvalue weighted by molar-refractivity contribution is 0.0471. The van der Waals surface area contributed by atoms with Crippen LogP contribution in [0.4, 0.5) is 0 Å². The van der Waals surface area contributed by atoms with Gasteiger partial charge in [-0.1, -0.05) is 33.1 Å². The van der Waals surface area contributed by atoms with E-state index in [0.717, 1.165) is 23.9 Å². The molecule has 0 aromatic carbocycles. The summed E-state index contributed by atoms with van der Waals surface area (Å²) in [5, 5.41) is 0. The van der Waals surface area contributed by atoms with E-state index in [2.05, 4.69) is 23.6 Å². The highest BCUT2D eigenvalue weighted by molar-refractivity contribution is 4.87. The number of nitrogens with zero attached hydrogens (tertiary/aromatic N) is 2. The zero-order valence-corrected chi connectivity index (χ0v) is 14.4. The van der Waals surface area contributed by atoms with Crippen molar-refractivity contribution in [1.29, 1.82) is 0 Å². The first-order valence-electron chi connectivity index (χ1n) is 9.76. The Labute approximate surface area is 132 Å². The third-order valence-corrected chi connectivity index (χ3v) is 6.90. The van der Waals surface area contributed by atoms with Crippen LogP contribution in [0.2, 0.25) is 0 Å². The minimum absolute atomic E-state index is 0.913. The molecule has 1 heterocycles. The molecule has 0 bridgehead atoms. The van der Waals surface area contributed by atoms with Crippen LogP contribution in [-0.4, -0.2) is 48.1 Å². The predicted molar refractivity (Wildman–Crippen MR) is 90.6 cm³/mol. The molecule has 1 unspecified atom stereocenters. The summed E-state index contributed by atoms with van der Waals surface area (Å²) in [4.78, 5) is 5.63. The molecule has 0 aromatic rings. The van der Waals surface area contributed by atoms with Crippen molar-refractivity contribution in [3.8, 4) is 0 Å². The molecule has 1 saturated heterocycles. The fourth-order valence-corrected chi connectivity index (χ4v) is 5.11. The van der Waals surface area contributed by atoms with E-state index in [4.69, 9.17) is 0 Å². The second-order valence-electron chi connectivity index (χ2n) is 7.96. The molecule has 1 aliphatic heterocycles. The third kappa shape index (κ3) is 3.82. The lowest BCUT2D eigenvalue weighted by Gasteiger charge is -2.44. The SMILES string of the molecule is CCC(C)[C@H]1CC[C@H](N2CCN(C3CCCC3)CC2)CC1. The van der Waals surface area contributed by atoms with E-state index >= 15 is 0 Å². The van der Waals surface area contributed by atoms with Crippen molar-refractivity contribution in [2.45, 2.75) is 83.7 Å². The van der Waals surface area contributed by atoms with Crippen LogP contribution in [0.25, 0.3) is 0 Å². The summed E-state index contributed by atoms with van der Waals surface area (Å²) in [6, 6.07) is 1.85. The van der Waals surface area contributed by atoms with Crippen molar-refractivity contribution >= 4 is 0 Å². The standard InChI is InChI=1S/C19H36N2/c1-3-16(2)17-8-10-19(11-9-17)21-14-12-20(13-15-21)18-6-4-5-7-18/h16-19H,3-15H2,1-2H3/t16?,17-,19-. The Morgan fingerprint density at radius 1 is 0.762 bits per heavy atom. The predicted octanol–water partition coefficient (Wildman–Crippen LogP) is 4.15. The molecule has 2 heteroatoms. The van der Waals surface area contributed by atoms with Gasteiger partial charge in [0, 0.05) is 38.3 Å². The van der Waals surface area contributed by atoms with Gasteiger partial charge in [-0.25, -0.2) is 0 Å². The van der Waals surface area contributed by atoms with Crippen molar-refractivity contribution in [2.24, 2.45) is 11.8 Å². The normalized spacial score (nSPS) is 35.1. The second-order valence-corrected chi connectivity index (χ2v) is 7.96. The fraction of sp³-hybridized carbons (Fsp3) is 1.00. The molecule has 3 fully saturated rings. The van der Waals surface area contributed by atoms with Gasteiger partial charge in [-0.2, -0.15) is 0 Å². The van der Waals surface area contributed by atoms with E-state index in [1.54, 1.807) is 0 Å². The average molecular weight is 293 g/mol. The van der Waals surface area contributed by atoms with Crippen LogP contribution in [0.3, 0.4) is 0 Å². The van der Waals surface area contributed by atoms with Crippen LogP contribution in [0, 0.1) is 11.8 Å². The monoisotopic (exact) mass is 292 g/mol. The van der Waals surface area contributed by atoms with Gasteiger partial charge in [0.05, 0.1) is 0 Å². The largest absolute Gasteiger partial charge is 0.298 e. The van der Waals surface area contributed by atoms with Crippen molar-refractivity contribution in [3.05, 3.63) is 0 Å². The molecule has 21 heavy (non-hydrogen) atoms. The van der Waals surface area contributed by atoms with Gasteiger partial charge in [-0.3, -0.25) is 9.80 Å². The molecule has 0 amide bonds. The average Bonchev–Trinajstić information content (AvgIpc) is 3.09. The van der Waals surface area contributed by atoms with Gasteiger partial charge >= 0.3 is 0 Å². The molecule has 1 atom stereocenters. The van der Waals surface area contributed by atoms with Gasteiger partial charge in [-0.05, 0) is 50.4 Å². The van der Waals surface area contributed by atoms with E-state index in [9.17, 15) is 0 Å². The maximum atomic E-state index is 2.83. The summed E-state index contributed by atoms with van der Waals surface area (Å²) in [6.45, 7) is 10.2. The molecule has 2 saturated carbocycles. The van der Waals surface area contributed by atoms with Crippen molar-refractivity contribution in [3.63, 3.8) is 0 Å².